The number of carbonyl (C=O) groups is 3. The molecule has 30 heavy (non-hydrogen) atoms. The summed E-state index contributed by atoms with van der Waals surface area (Å²) in [5.41, 5.74) is 1.88. The number of hydrogen-bond donors (Lipinski definition) is 1. The molecule has 1 N–H and O–H groups in total. The average Bonchev–Trinajstić information content (AvgIpc) is 2.72. The Kier molecular flexibility index (Phi) is 7.80. The second kappa shape index (κ2) is 10.3. The molecule has 0 aliphatic rings. The zero-order chi connectivity index (χ0) is 22.3. The first-order chi connectivity index (χ1) is 14.2. The first-order valence-corrected chi connectivity index (χ1v) is 9.22. The first-order valence-electron chi connectivity index (χ1n) is 9.22. The van der Waals surface area contributed by atoms with Gasteiger partial charge < -0.3 is 24.3 Å². The number of Topliss-reactive ketones (excluding diaryl/α,β-unsaturated/α-hetero) is 1. The van der Waals surface area contributed by atoms with Crippen LogP contribution in [0.2, 0.25) is 0 Å². The maximum Gasteiger partial charge on any atom is 0.344 e. The zero-order valence-corrected chi connectivity index (χ0v) is 17.6. The zero-order valence-electron chi connectivity index (χ0n) is 17.6. The van der Waals surface area contributed by atoms with E-state index in [-0.39, 0.29) is 11.5 Å². The molecule has 2 rings (SSSR count). The monoisotopic (exact) mass is 415 g/mol. The Hall–Kier alpha value is -3.55. The summed E-state index contributed by atoms with van der Waals surface area (Å²) < 4.78 is 20.9. The second-order valence-corrected chi connectivity index (χ2v) is 6.54. The highest BCUT2D eigenvalue weighted by molar-refractivity contribution is 5.96. The van der Waals surface area contributed by atoms with Crippen molar-refractivity contribution < 1.29 is 33.3 Å². The van der Waals surface area contributed by atoms with Gasteiger partial charge >= 0.3 is 5.97 Å². The summed E-state index contributed by atoms with van der Waals surface area (Å²) in [6.07, 6.45) is -1.05. The van der Waals surface area contributed by atoms with E-state index in [4.69, 9.17) is 18.9 Å². The van der Waals surface area contributed by atoms with Gasteiger partial charge in [-0.3, -0.25) is 9.59 Å². The van der Waals surface area contributed by atoms with Crippen molar-refractivity contribution in [3.63, 3.8) is 0 Å². The van der Waals surface area contributed by atoms with Crippen LogP contribution in [0, 0.1) is 6.92 Å². The fraction of sp³-hybridized carbons (Fsp3) is 0.318. The molecule has 0 saturated heterocycles. The van der Waals surface area contributed by atoms with Crippen LogP contribution in [0.1, 0.15) is 29.8 Å². The van der Waals surface area contributed by atoms with Crippen molar-refractivity contribution in [3.05, 3.63) is 47.5 Å². The van der Waals surface area contributed by atoms with Gasteiger partial charge in [-0.2, -0.15) is 0 Å². The molecule has 0 aliphatic carbocycles. The minimum absolute atomic E-state index is 0.121. The maximum absolute atomic E-state index is 12.4. The molecule has 2 aromatic carbocycles. The molecule has 0 spiro atoms. The number of nitrogens with one attached hydrogen (secondary N) is 1. The van der Waals surface area contributed by atoms with E-state index in [0.29, 0.717) is 22.7 Å². The van der Waals surface area contributed by atoms with Gasteiger partial charge in [0.15, 0.2) is 30.0 Å². The number of ketones is 1. The number of benzene rings is 2. The van der Waals surface area contributed by atoms with Crippen molar-refractivity contribution in [1.82, 2.24) is 0 Å². The lowest BCUT2D eigenvalue weighted by Crippen LogP contribution is -2.31. The van der Waals surface area contributed by atoms with Crippen LogP contribution in [0.5, 0.6) is 17.2 Å². The number of amides is 1. The number of anilines is 1. The SMILES string of the molecule is COc1ccc(C)cc1NC(=O)[C@H](C)OC(=O)COc1ccc(C(C)=O)cc1OC. The van der Waals surface area contributed by atoms with Gasteiger partial charge in [-0.25, -0.2) is 4.79 Å². The van der Waals surface area contributed by atoms with Gasteiger partial charge in [-0.1, -0.05) is 6.07 Å². The van der Waals surface area contributed by atoms with Crippen LogP contribution in [-0.2, 0) is 14.3 Å². The largest absolute Gasteiger partial charge is 0.495 e. The highest BCUT2D eigenvalue weighted by Crippen LogP contribution is 2.28. The predicted molar refractivity (Wildman–Crippen MR) is 110 cm³/mol. The average molecular weight is 415 g/mol. The third-order valence-corrected chi connectivity index (χ3v) is 4.21. The van der Waals surface area contributed by atoms with Crippen LogP contribution in [0.3, 0.4) is 0 Å². The van der Waals surface area contributed by atoms with E-state index < -0.39 is 24.6 Å². The minimum atomic E-state index is -1.05. The Morgan fingerprint density at radius 2 is 1.63 bits per heavy atom. The molecule has 160 valence electrons. The van der Waals surface area contributed by atoms with Gasteiger partial charge in [0.2, 0.25) is 0 Å². The Balaban J connectivity index is 1.94. The van der Waals surface area contributed by atoms with Crippen molar-refractivity contribution in [2.75, 3.05) is 26.1 Å². The summed E-state index contributed by atoms with van der Waals surface area (Å²) in [6.45, 7) is 4.34. The molecule has 0 unspecified atom stereocenters. The van der Waals surface area contributed by atoms with Gasteiger partial charge in [0.1, 0.15) is 5.75 Å². The smallest absolute Gasteiger partial charge is 0.344 e. The number of hydrogen-bond acceptors (Lipinski definition) is 7. The third kappa shape index (κ3) is 5.97. The maximum atomic E-state index is 12.4. The van der Waals surface area contributed by atoms with Crippen LogP contribution < -0.4 is 19.5 Å². The number of methoxy groups -OCH3 is 2. The summed E-state index contributed by atoms with van der Waals surface area (Å²) >= 11 is 0. The van der Waals surface area contributed by atoms with Gasteiger partial charge in [0, 0.05) is 5.56 Å². The van der Waals surface area contributed by atoms with E-state index in [2.05, 4.69) is 5.32 Å². The van der Waals surface area contributed by atoms with Crippen molar-refractivity contribution in [3.8, 4) is 17.2 Å². The number of rotatable bonds is 9. The van der Waals surface area contributed by atoms with E-state index in [0.717, 1.165) is 5.56 Å². The van der Waals surface area contributed by atoms with Gasteiger partial charge in [0.05, 0.1) is 19.9 Å². The molecule has 1 amide bonds. The van der Waals surface area contributed by atoms with Crippen LogP contribution in [0.25, 0.3) is 0 Å². The van der Waals surface area contributed by atoms with Gasteiger partial charge in [0.25, 0.3) is 5.91 Å². The van der Waals surface area contributed by atoms with Crippen LogP contribution in [0.15, 0.2) is 36.4 Å². The van der Waals surface area contributed by atoms with Crippen molar-refractivity contribution >= 4 is 23.3 Å². The van der Waals surface area contributed by atoms with Crippen molar-refractivity contribution in [1.29, 1.82) is 0 Å². The molecule has 0 heterocycles. The fourth-order valence-corrected chi connectivity index (χ4v) is 2.58. The van der Waals surface area contributed by atoms with Crippen LogP contribution in [0.4, 0.5) is 5.69 Å². The van der Waals surface area contributed by atoms with Crippen LogP contribution in [-0.4, -0.2) is 44.6 Å². The molecule has 1 atom stereocenters. The van der Waals surface area contributed by atoms with E-state index in [9.17, 15) is 14.4 Å². The van der Waals surface area contributed by atoms with Crippen LogP contribution >= 0.6 is 0 Å². The van der Waals surface area contributed by atoms with Gasteiger partial charge in [-0.05, 0) is 56.7 Å². The van der Waals surface area contributed by atoms with Crippen molar-refractivity contribution in [2.45, 2.75) is 26.9 Å². The number of ether oxygens (including phenoxy) is 4. The molecule has 0 aliphatic heterocycles. The lowest BCUT2D eigenvalue weighted by molar-refractivity contribution is -0.155. The Bertz CT molecular complexity index is 939. The lowest BCUT2D eigenvalue weighted by atomic mass is 10.1. The third-order valence-electron chi connectivity index (χ3n) is 4.21. The standard InChI is InChI=1S/C22H25NO7/c1-13-6-8-18(27-4)17(10-13)23-22(26)15(3)30-21(25)12-29-19-9-7-16(14(2)24)11-20(19)28-5/h6-11,15H,12H2,1-5H3,(H,23,26)/t15-/m0/s1. The molecule has 0 radical (unpaired) electrons. The highest BCUT2D eigenvalue weighted by Gasteiger charge is 2.20. The normalized spacial score (nSPS) is 11.2. The molecule has 8 nitrogen and oxygen atoms in total. The first kappa shape index (κ1) is 22.7. The lowest BCUT2D eigenvalue weighted by Gasteiger charge is -2.16. The predicted octanol–water partition coefficient (Wildman–Crippen LogP) is 3.16. The molecular weight excluding hydrogens is 390 g/mol. The van der Waals surface area contributed by atoms with E-state index >= 15 is 0 Å². The molecule has 0 saturated carbocycles. The van der Waals surface area contributed by atoms with Crippen molar-refractivity contribution in [2.24, 2.45) is 0 Å². The second-order valence-electron chi connectivity index (χ2n) is 6.54. The topological polar surface area (TPSA) is 100 Å². The molecule has 0 fully saturated rings. The van der Waals surface area contributed by atoms with E-state index in [1.165, 1.54) is 40.2 Å². The summed E-state index contributed by atoms with van der Waals surface area (Å²) in [5, 5.41) is 2.68. The summed E-state index contributed by atoms with van der Waals surface area (Å²) in [7, 11) is 2.93. The Labute approximate surface area is 175 Å². The van der Waals surface area contributed by atoms with Gasteiger partial charge in [-0.15, -0.1) is 0 Å². The van der Waals surface area contributed by atoms with E-state index in [1.54, 1.807) is 18.2 Å². The molecule has 0 bridgehead atoms. The fourth-order valence-electron chi connectivity index (χ4n) is 2.58. The highest BCUT2D eigenvalue weighted by atomic mass is 16.6. The number of carbonyl (C=O) groups excluding carboxylic acids is 3. The summed E-state index contributed by atoms with van der Waals surface area (Å²) in [4.78, 5) is 35.9. The molecule has 2 aromatic rings. The molecular formula is C22H25NO7. The Morgan fingerprint density at radius 3 is 2.27 bits per heavy atom. The van der Waals surface area contributed by atoms with E-state index in [1.807, 2.05) is 13.0 Å². The Morgan fingerprint density at radius 1 is 0.967 bits per heavy atom. The molecule has 0 aromatic heterocycles. The number of aryl methyl sites for hydroxylation is 1. The quantitative estimate of drug-likeness (QED) is 0.496. The minimum Gasteiger partial charge on any atom is -0.495 e. The molecule has 8 heteroatoms. The summed E-state index contributed by atoms with van der Waals surface area (Å²) in [5.74, 6) is -0.266. The summed E-state index contributed by atoms with van der Waals surface area (Å²) in [6, 6.07) is 9.96. The number of esters is 1.